The molecule has 1 heterocycles. The number of rotatable bonds is 21. The van der Waals surface area contributed by atoms with Gasteiger partial charge in [-0.1, -0.05) is 115 Å². The Kier molecular flexibility index (Phi) is 14.9. The molecule has 1 amide bonds. The molecule has 0 aliphatic heterocycles. The highest BCUT2D eigenvalue weighted by Gasteiger charge is 2.42. The quantitative estimate of drug-likeness (QED) is 0.160. The second-order valence-corrected chi connectivity index (χ2v) is 10.8. The Morgan fingerprint density at radius 1 is 0.889 bits per heavy atom. The number of carbonyl (C=O) groups excluding carboxylic acids is 1. The van der Waals surface area contributed by atoms with Crippen molar-refractivity contribution in [3.05, 3.63) is 16.4 Å². The van der Waals surface area contributed by atoms with E-state index < -0.39 is 11.9 Å². The van der Waals surface area contributed by atoms with Crippen molar-refractivity contribution < 1.29 is 18.0 Å². The second-order valence-electron chi connectivity index (χ2n) is 10.4. The van der Waals surface area contributed by atoms with E-state index in [-0.39, 0.29) is 29.8 Å². The van der Waals surface area contributed by atoms with Gasteiger partial charge in [0.05, 0.1) is 17.3 Å². The van der Waals surface area contributed by atoms with E-state index in [4.69, 9.17) is 11.6 Å². The van der Waals surface area contributed by atoms with Gasteiger partial charge in [0.15, 0.2) is 5.69 Å². The molecule has 8 heteroatoms. The Morgan fingerprint density at radius 2 is 1.36 bits per heavy atom. The van der Waals surface area contributed by atoms with Gasteiger partial charge in [-0.25, -0.2) is 0 Å². The summed E-state index contributed by atoms with van der Waals surface area (Å²) in [4.78, 5) is 12.2. The third-order valence-electron chi connectivity index (χ3n) is 7.07. The summed E-state index contributed by atoms with van der Waals surface area (Å²) in [6.07, 6.45) is 18.0. The number of hydrogen-bond acceptors (Lipinski definition) is 2. The number of aryl methyl sites for hydroxylation is 1. The molecule has 36 heavy (non-hydrogen) atoms. The number of carbonyl (C=O) groups is 1. The van der Waals surface area contributed by atoms with E-state index in [9.17, 15) is 18.0 Å². The molecule has 0 bridgehead atoms. The monoisotopic (exact) mass is 533 g/mol. The number of halogens is 4. The van der Waals surface area contributed by atoms with E-state index >= 15 is 0 Å². The van der Waals surface area contributed by atoms with E-state index in [0.717, 1.165) is 25.7 Å². The van der Waals surface area contributed by atoms with Crippen LogP contribution in [0.5, 0.6) is 0 Å². The van der Waals surface area contributed by atoms with Crippen LogP contribution in [0.15, 0.2) is 0 Å². The maximum atomic E-state index is 13.1. The molecule has 1 saturated carbocycles. The summed E-state index contributed by atoms with van der Waals surface area (Å²) in [7, 11) is 0. The summed E-state index contributed by atoms with van der Waals surface area (Å²) in [6.45, 7) is 2.99. The molecule has 1 aliphatic rings. The van der Waals surface area contributed by atoms with Crippen molar-refractivity contribution in [3.63, 3.8) is 0 Å². The summed E-state index contributed by atoms with van der Waals surface area (Å²) < 4.78 is 40.7. The molecule has 0 aromatic carbocycles. The molecule has 1 fully saturated rings. The summed E-state index contributed by atoms with van der Waals surface area (Å²) in [6, 6.07) is 0. The van der Waals surface area contributed by atoms with E-state index in [1.165, 1.54) is 94.6 Å². The maximum Gasteiger partial charge on any atom is 0.436 e. The lowest BCUT2D eigenvalue weighted by molar-refractivity contribution is -0.141. The number of aromatic nitrogens is 2. The summed E-state index contributed by atoms with van der Waals surface area (Å²) in [5.74, 6) is -0.132. The molecular formula is C28H47ClF3N3O. The number of nitrogens with one attached hydrogen (secondary N) is 1. The molecule has 2 rings (SSSR count). The number of hydrogen-bond donors (Lipinski definition) is 1. The predicted molar refractivity (Wildman–Crippen MR) is 141 cm³/mol. The zero-order chi connectivity index (χ0) is 26.2. The van der Waals surface area contributed by atoms with Gasteiger partial charge in [-0.05, 0) is 19.3 Å². The SMILES string of the molecule is CCCCCCCCCCCCCCCCCCNC(=O)CCn1nc(C(F)(F)F)c(Cl)c1C1CC1. The lowest BCUT2D eigenvalue weighted by Crippen LogP contribution is -2.26. The Balaban J connectivity index is 1.43. The molecule has 0 radical (unpaired) electrons. The lowest BCUT2D eigenvalue weighted by atomic mass is 10.0. The van der Waals surface area contributed by atoms with Crippen molar-refractivity contribution in [3.8, 4) is 0 Å². The predicted octanol–water partition coefficient (Wildman–Crippen LogP) is 9.20. The average molecular weight is 534 g/mol. The first-order valence-electron chi connectivity index (χ1n) is 14.4. The van der Waals surface area contributed by atoms with E-state index in [1.807, 2.05) is 0 Å². The van der Waals surface area contributed by atoms with Crippen LogP contribution in [0.3, 0.4) is 0 Å². The number of alkyl halides is 3. The van der Waals surface area contributed by atoms with Gasteiger partial charge in [0.25, 0.3) is 0 Å². The highest BCUT2D eigenvalue weighted by Crippen LogP contribution is 2.46. The fourth-order valence-corrected chi connectivity index (χ4v) is 5.14. The highest BCUT2D eigenvalue weighted by atomic mass is 35.5. The number of nitrogens with zero attached hydrogens (tertiary/aromatic N) is 2. The largest absolute Gasteiger partial charge is 0.436 e. The third kappa shape index (κ3) is 12.3. The zero-order valence-electron chi connectivity index (χ0n) is 22.2. The van der Waals surface area contributed by atoms with Gasteiger partial charge < -0.3 is 5.32 Å². The van der Waals surface area contributed by atoms with Gasteiger partial charge in [0, 0.05) is 18.9 Å². The van der Waals surface area contributed by atoms with E-state index in [2.05, 4.69) is 17.3 Å². The van der Waals surface area contributed by atoms with E-state index in [1.54, 1.807) is 0 Å². The third-order valence-corrected chi connectivity index (χ3v) is 7.44. The Morgan fingerprint density at radius 3 is 1.81 bits per heavy atom. The van der Waals surface area contributed by atoms with Crippen LogP contribution in [0.2, 0.25) is 5.02 Å². The fourth-order valence-electron chi connectivity index (χ4n) is 4.75. The van der Waals surface area contributed by atoms with E-state index in [0.29, 0.717) is 12.2 Å². The van der Waals surface area contributed by atoms with Gasteiger partial charge in [-0.3, -0.25) is 9.48 Å². The molecule has 0 atom stereocenters. The van der Waals surface area contributed by atoms with Crippen LogP contribution >= 0.6 is 11.6 Å². The van der Waals surface area contributed by atoms with Crippen molar-refractivity contribution >= 4 is 17.5 Å². The molecule has 4 nitrogen and oxygen atoms in total. The summed E-state index contributed by atoms with van der Waals surface area (Å²) in [5, 5.41) is 6.25. The first kappa shape index (κ1) is 31.0. The van der Waals surface area contributed by atoms with Crippen LogP contribution in [0.4, 0.5) is 13.2 Å². The minimum Gasteiger partial charge on any atom is -0.356 e. The highest BCUT2D eigenvalue weighted by molar-refractivity contribution is 6.32. The second kappa shape index (κ2) is 17.3. The topological polar surface area (TPSA) is 46.9 Å². The molecule has 0 saturated heterocycles. The van der Waals surface area contributed by atoms with Crippen molar-refractivity contribution in [1.82, 2.24) is 15.1 Å². The van der Waals surface area contributed by atoms with Crippen molar-refractivity contribution in [2.75, 3.05) is 6.54 Å². The molecule has 1 aromatic rings. The van der Waals surface area contributed by atoms with Crippen molar-refractivity contribution in [1.29, 1.82) is 0 Å². The standard InChI is InChI=1S/C28H47ClF3N3O/c1-2-3-4-5-6-7-8-9-10-11-12-13-14-15-16-17-21-33-24(36)20-22-35-26(23-18-19-23)25(29)27(34-35)28(30,31)32/h23H,2-22H2,1H3,(H,33,36). The minimum atomic E-state index is -4.58. The van der Waals surface area contributed by atoms with Crippen molar-refractivity contribution in [2.45, 2.75) is 148 Å². The van der Waals surface area contributed by atoms with Crippen LogP contribution < -0.4 is 5.32 Å². The van der Waals surface area contributed by atoms with Crippen LogP contribution in [0, 0.1) is 0 Å². The fraction of sp³-hybridized carbons (Fsp3) is 0.857. The Labute approximate surface area is 221 Å². The molecule has 1 aliphatic carbocycles. The smallest absolute Gasteiger partial charge is 0.356 e. The van der Waals surface area contributed by atoms with Crippen LogP contribution in [0.1, 0.15) is 146 Å². The average Bonchev–Trinajstić information content (AvgIpc) is 3.61. The lowest BCUT2D eigenvalue weighted by Gasteiger charge is -2.08. The number of amides is 1. The van der Waals surface area contributed by atoms with Gasteiger partial charge in [0.2, 0.25) is 5.91 Å². The molecule has 1 aromatic heterocycles. The van der Waals surface area contributed by atoms with Gasteiger partial charge >= 0.3 is 6.18 Å². The summed E-state index contributed by atoms with van der Waals surface area (Å²) >= 11 is 5.98. The molecular weight excluding hydrogens is 487 g/mol. The van der Waals surface area contributed by atoms with Crippen LogP contribution in [-0.2, 0) is 17.5 Å². The number of unbranched alkanes of at least 4 members (excludes halogenated alkanes) is 15. The molecule has 0 unspecified atom stereocenters. The molecule has 0 spiro atoms. The van der Waals surface area contributed by atoms with Crippen molar-refractivity contribution in [2.24, 2.45) is 0 Å². The Bertz CT molecular complexity index is 747. The van der Waals surface area contributed by atoms with Gasteiger partial charge in [-0.2, -0.15) is 18.3 Å². The van der Waals surface area contributed by atoms with Crippen LogP contribution in [0.25, 0.3) is 0 Å². The minimum absolute atomic E-state index is 0.0225. The maximum absolute atomic E-state index is 13.1. The normalized spacial score (nSPS) is 13.9. The first-order chi connectivity index (χ1) is 17.3. The summed E-state index contributed by atoms with van der Waals surface area (Å²) in [5.41, 5.74) is -0.616. The first-order valence-corrected chi connectivity index (χ1v) is 14.8. The molecule has 208 valence electrons. The van der Waals surface area contributed by atoms with Crippen LogP contribution in [-0.4, -0.2) is 22.2 Å². The van der Waals surface area contributed by atoms with Gasteiger partial charge in [-0.15, -0.1) is 0 Å². The van der Waals surface area contributed by atoms with Gasteiger partial charge in [0.1, 0.15) is 0 Å². The Hall–Kier alpha value is -1.24. The molecule has 1 N–H and O–H groups in total. The zero-order valence-corrected chi connectivity index (χ0v) is 23.0.